The van der Waals surface area contributed by atoms with Crippen LogP contribution in [0, 0.1) is 12.8 Å². The molecule has 0 spiro atoms. The Labute approximate surface area is 368 Å². The van der Waals surface area contributed by atoms with E-state index in [-0.39, 0.29) is 25.2 Å². The summed E-state index contributed by atoms with van der Waals surface area (Å²) in [5.41, 5.74) is 6.31. The average Bonchev–Trinajstić information content (AvgIpc) is 3.20. The number of ketones is 1. The summed E-state index contributed by atoms with van der Waals surface area (Å²) in [6, 6.07) is -3.02. The minimum atomic E-state index is -1.86. The lowest BCUT2D eigenvalue weighted by Crippen LogP contribution is -2.60. The van der Waals surface area contributed by atoms with Gasteiger partial charge in [-0.1, -0.05) is 57.9 Å². The fraction of sp³-hybridized carbons (Fsp3) is 0.561. The van der Waals surface area contributed by atoms with Gasteiger partial charge in [-0.3, -0.25) is 57.5 Å². The van der Waals surface area contributed by atoms with Gasteiger partial charge >= 0.3 is 23.9 Å². The van der Waals surface area contributed by atoms with Crippen molar-refractivity contribution in [3.63, 3.8) is 0 Å². The Kier molecular flexibility index (Phi) is 24.0. The summed E-state index contributed by atoms with van der Waals surface area (Å²) in [6.07, 6.45) is -4.09. The summed E-state index contributed by atoms with van der Waals surface area (Å²) in [4.78, 5) is 151. The van der Waals surface area contributed by atoms with E-state index in [0.717, 1.165) is 0 Å². The molecule has 0 saturated carbocycles. The van der Waals surface area contributed by atoms with Gasteiger partial charge < -0.3 is 58.1 Å². The molecule has 23 nitrogen and oxygen atoms in total. The molecule has 6 atom stereocenters. The highest BCUT2D eigenvalue weighted by molar-refractivity contribution is 6.37. The standard InChI is InChI=1S/C41H59N7O16/c1-5-6-11-24(35(58)36(42)59)44-39(62)27(18-21(2)3)47-37(60)25(12-15-31(50)51)45-40(63)28(19-23-10-8-7-9-22(23)4)48-38(61)26(13-16-32(52)53)46-41(64)29(20-34(56)57)43-30(49)14-17-33(54)55/h7-10,21,24-29H,5-6,11-20H2,1-4H3,(H2,42,59)(H,43,49)(H,44,62)(H,45,63)(H,46,64)(H,47,60)(H,48,61)(H,50,51)(H,52,53)(H,54,55)(H,56,57)/t24-,25-,26-,27-,28-,29-/m0/s1. The summed E-state index contributed by atoms with van der Waals surface area (Å²) in [5, 5.41) is 51.2. The second-order valence-electron chi connectivity index (χ2n) is 15.4. The van der Waals surface area contributed by atoms with E-state index in [1.54, 1.807) is 45.0 Å². The molecule has 0 unspecified atom stereocenters. The first kappa shape index (κ1) is 55.1. The number of unbranched alkanes of at least 4 members (excludes halogenated alkanes) is 1. The van der Waals surface area contributed by atoms with Gasteiger partial charge in [0.2, 0.25) is 41.2 Å². The highest BCUT2D eigenvalue weighted by Crippen LogP contribution is 2.13. The minimum absolute atomic E-state index is 0.0167. The van der Waals surface area contributed by atoms with Crippen LogP contribution in [-0.4, -0.2) is 128 Å². The van der Waals surface area contributed by atoms with Crippen molar-refractivity contribution in [2.24, 2.45) is 11.7 Å². The van der Waals surface area contributed by atoms with Crippen molar-refractivity contribution in [2.45, 2.75) is 141 Å². The normalized spacial score (nSPS) is 13.6. The predicted octanol–water partition coefficient (Wildman–Crippen LogP) is -1.19. The zero-order chi connectivity index (χ0) is 48.7. The molecule has 64 heavy (non-hydrogen) atoms. The first-order valence-electron chi connectivity index (χ1n) is 20.5. The number of nitrogens with two attached hydrogens (primary N) is 1. The molecule has 1 rings (SSSR count). The number of hydrogen-bond donors (Lipinski definition) is 11. The van der Waals surface area contributed by atoms with Crippen LogP contribution >= 0.6 is 0 Å². The molecule has 12 N–H and O–H groups in total. The summed E-state index contributed by atoms with van der Waals surface area (Å²) in [7, 11) is 0. The number of carbonyl (C=O) groups excluding carboxylic acids is 8. The summed E-state index contributed by atoms with van der Waals surface area (Å²) in [6.45, 7) is 6.93. The molecule has 0 bridgehead atoms. The van der Waals surface area contributed by atoms with E-state index in [0.29, 0.717) is 24.0 Å². The first-order chi connectivity index (χ1) is 29.9. The lowest BCUT2D eigenvalue weighted by molar-refractivity contribution is -0.142. The lowest BCUT2D eigenvalue weighted by atomic mass is 9.98. The molecule has 0 aliphatic rings. The van der Waals surface area contributed by atoms with Gasteiger partial charge in [0.15, 0.2) is 0 Å². The molecular weight excluding hydrogens is 846 g/mol. The van der Waals surface area contributed by atoms with E-state index < -0.39 is 152 Å². The van der Waals surface area contributed by atoms with Gasteiger partial charge in [0.1, 0.15) is 30.2 Å². The van der Waals surface area contributed by atoms with Crippen molar-refractivity contribution < 1.29 is 78.0 Å². The maximum Gasteiger partial charge on any atom is 0.305 e. The van der Waals surface area contributed by atoms with E-state index in [9.17, 15) is 72.9 Å². The Morgan fingerprint density at radius 2 is 1.00 bits per heavy atom. The van der Waals surface area contributed by atoms with Gasteiger partial charge in [0, 0.05) is 25.7 Å². The van der Waals surface area contributed by atoms with E-state index >= 15 is 0 Å². The molecule has 0 saturated heterocycles. The lowest BCUT2D eigenvalue weighted by Gasteiger charge is -2.28. The Hall–Kier alpha value is -6.94. The minimum Gasteiger partial charge on any atom is -0.481 e. The smallest absolute Gasteiger partial charge is 0.305 e. The molecule has 1 aromatic rings. The Balaban J connectivity index is 3.60. The van der Waals surface area contributed by atoms with Crippen LogP contribution in [0.5, 0.6) is 0 Å². The number of carbonyl (C=O) groups is 12. The molecule has 354 valence electrons. The molecular formula is C41H59N7O16. The van der Waals surface area contributed by atoms with Gasteiger partial charge in [-0.05, 0) is 49.7 Å². The number of amides is 7. The SMILES string of the molecule is CCCC[C@H](NC(=O)[C@H](CC(C)C)NC(=O)[C@H](CCC(=O)O)NC(=O)[C@H](Cc1ccccc1C)NC(=O)[C@H](CCC(=O)O)NC(=O)[C@H](CC(=O)O)NC(=O)CCC(=O)O)C(=O)C(N)=O. The summed E-state index contributed by atoms with van der Waals surface area (Å²) >= 11 is 0. The molecule has 7 amide bonds. The number of carboxylic acids is 4. The van der Waals surface area contributed by atoms with Crippen LogP contribution in [0.1, 0.15) is 103 Å². The third-order valence-corrected chi connectivity index (χ3v) is 9.54. The number of hydrogen-bond acceptors (Lipinski definition) is 12. The first-order valence-corrected chi connectivity index (χ1v) is 20.5. The van der Waals surface area contributed by atoms with Crippen LogP contribution in [0.3, 0.4) is 0 Å². The molecule has 1 aromatic carbocycles. The van der Waals surface area contributed by atoms with Crippen LogP contribution in [0.4, 0.5) is 0 Å². The highest BCUT2D eigenvalue weighted by atomic mass is 16.4. The molecule has 0 heterocycles. The average molecular weight is 906 g/mol. The van der Waals surface area contributed by atoms with E-state index in [2.05, 4.69) is 31.9 Å². The van der Waals surface area contributed by atoms with Crippen molar-refractivity contribution in [2.75, 3.05) is 0 Å². The Morgan fingerprint density at radius 3 is 1.47 bits per heavy atom. The van der Waals surface area contributed by atoms with Gasteiger partial charge in [0.25, 0.3) is 5.91 Å². The van der Waals surface area contributed by atoms with Gasteiger partial charge in [-0.25, -0.2) is 0 Å². The van der Waals surface area contributed by atoms with Crippen LogP contribution in [0.15, 0.2) is 24.3 Å². The fourth-order valence-corrected chi connectivity index (χ4v) is 6.13. The maximum atomic E-state index is 14.2. The molecule has 0 aliphatic carbocycles. The van der Waals surface area contributed by atoms with Crippen molar-refractivity contribution >= 4 is 71.0 Å². The molecule has 23 heteroatoms. The number of benzene rings is 1. The molecule has 0 radical (unpaired) electrons. The number of nitrogens with one attached hydrogen (secondary N) is 6. The van der Waals surface area contributed by atoms with E-state index in [4.69, 9.17) is 10.8 Å². The van der Waals surface area contributed by atoms with Crippen molar-refractivity contribution in [1.29, 1.82) is 0 Å². The predicted molar refractivity (Wildman–Crippen MR) is 223 cm³/mol. The van der Waals surface area contributed by atoms with Crippen molar-refractivity contribution in [3.05, 3.63) is 35.4 Å². The fourth-order valence-electron chi connectivity index (χ4n) is 6.13. The second kappa shape index (κ2) is 27.9. The number of aliphatic carboxylic acids is 4. The van der Waals surface area contributed by atoms with E-state index in [1.165, 1.54) is 0 Å². The van der Waals surface area contributed by atoms with E-state index in [1.807, 2.05) is 6.92 Å². The Morgan fingerprint density at radius 1 is 0.547 bits per heavy atom. The number of carboxylic acid groups (broad SMARTS) is 4. The topological polar surface area (TPSA) is 384 Å². The van der Waals surface area contributed by atoms with Gasteiger partial charge in [-0.2, -0.15) is 0 Å². The summed E-state index contributed by atoms with van der Waals surface area (Å²) < 4.78 is 0. The zero-order valence-electron chi connectivity index (χ0n) is 36.1. The van der Waals surface area contributed by atoms with Crippen LogP contribution in [-0.2, 0) is 64.0 Å². The quantitative estimate of drug-likeness (QED) is 0.0390. The van der Waals surface area contributed by atoms with Crippen LogP contribution in [0.2, 0.25) is 0 Å². The number of aryl methyl sites for hydroxylation is 1. The number of Topliss-reactive ketones (excluding diaryl/α,β-unsaturated/α-hetero) is 1. The number of rotatable bonds is 31. The monoisotopic (exact) mass is 905 g/mol. The van der Waals surface area contributed by atoms with Crippen molar-refractivity contribution in [3.8, 4) is 0 Å². The third kappa shape index (κ3) is 21.2. The van der Waals surface area contributed by atoms with Crippen LogP contribution < -0.4 is 37.6 Å². The third-order valence-electron chi connectivity index (χ3n) is 9.54. The molecule has 0 aromatic heterocycles. The molecule has 0 aliphatic heterocycles. The van der Waals surface area contributed by atoms with Gasteiger partial charge in [0.05, 0.1) is 18.9 Å². The zero-order valence-corrected chi connectivity index (χ0v) is 36.1. The number of primary amides is 1. The summed E-state index contributed by atoms with van der Waals surface area (Å²) in [5.74, 6) is -14.7. The highest BCUT2D eigenvalue weighted by Gasteiger charge is 2.35. The Bertz CT molecular complexity index is 1890. The second-order valence-corrected chi connectivity index (χ2v) is 15.4. The largest absolute Gasteiger partial charge is 0.481 e. The van der Waals surface area contributed by atoms with Crippen molar-refractivity contribution in [1.82, 2.24) is 31.9 Å². The maximum absolute atomic E-state index is 14.2. The van der Waals surface area contributed by atoms with Gasteiger partial charge in [-0.15, -0.1) is 0 Å². The molecule has 0 fully saturated rings. The van der Waals surface area contributed by atoms with Crippen LogP contribution in [0.25, 0.3) is 0 Å².